The Hall–Kier alpha value is -0.810. The van der Waals surface area contributed by atoms with E-state index >= 15 is 0 Å². The van der Waals surface area contributed by atoms with Crippen LogP contribution in [0.4, 0.5) is 0 Å². The van der Waals surface area contributed by atoms with Gasteiger partial charge in [-0.1, -0.05) is 69.6 Å². The number of rotatable bonds is 8. The van der Waals surface area contributed by atoms with Crippen LogP contribution in [0.2, 0.25) is 0 Å². The molecule has 0 aromatic heterocycles. The van der Waals surface area contributed by atoms with Crippen LogP contribution >= 0.6 is 11.8 Å². The SMILES string of the molecule is C=C1/C(=C\C=C2/CCC[C@]3(C)C([C@@H](C)SC[C@H](O)C(CC)CC)=CCC23)C[C@@H](O)C[C@@H]1O. The van der Waals surface area contributed by atoms with E-state index in [4.69, 9.17) is 0 Å². The lowest BCUT2D eigenvalue weighted by atomic mass is 9.64. The van der Waals surface area contributed by atoms with Gasteiger partial charge in [-0.15, -0.1) is 0 Å². The second-order valence-electron chi connectivity index (χ2n) is 10.4. The van der Waals surface area contributed by atoms with E-state index in [0.29, 0.717) is 29.9 Å². The van der Waals surface area contributed by atoms with E-state index in [-0.39, 0.29) is 11.5 Å². The molecule has 3 rings (SSSR count). The van der Waals surface area contributed by atoms with E-state index in [0.717, 1.165) is 42.6 Å². The highest BCUT2D eigenvalue weighted by Crippen LogP contribution is 2.56. The molecular weight excluding hydrogens is 416 g/mol. The molecule has 1 unspecified atom stereocenters. The maximum absolute atomic E-state index is 10.6. The summed E-state index contributed by atoms with van der Waals surface area (Å²) in [6.45, 7) is 13.2. The Bertz CT molecular complexity index is 763. The summed E-state index contributed by atoms with van der Waals surface area (Å²) in [6.07, 6.45) is 13.2. The Labute approximate surface area is 199 Å². The zero-order chi connectivity index (χ0) is 23.5. The Kier molecular flexibility index (Phi) is 8.93. The highest BCUT2D eigenvalue weighted by molar-refractivity contribution is 8.00. The largest absolute Gasteiger partial charge is 0.393 e. The molecule has 4 heteroatoms. The lowest BCUT2D eigenvalue weighted by Crippen LogP contribution is -2.33. The lowest BCUT2D eigenvalue weighted by Gasteiger charge is -2.42. The minimum Gasteiger partial charge on any atom is -0.393 e. The molecule has 0 aromatic rings. The molecule has 0 heterocycles. The first kappa shape index (κ1) is 25.8. The van der Waals surface area contributed by atoms with Gasteiger partial charge in [-0.05, 0) is 67.4 Å². The van der Waals surface area contributed by atoms with Crippen molar-refractivity contribution in [2.24, 2.45) is 17.3 Å². The van der Waals surface area contributed by atoms with E-state index < -0.39 is 12.2 Å². The van der Waals surface area contributed by atoms with Crippen LogP contribution in [0.25, 0.3) is 0 Å². The van der Waals surface area contributed by atoms with Crippen LogP contribution in [0, 0.1) is 17.3 Å². The molecular formula is C28H44O3S. The third kappa shape index (κ3) is 5.46. The number of hydrogen-bond donors (Lipinski definition) is 3. The van der Waals surface area contributed by atoms with Crippen molar-refractivity contribution in [2.75, 3.05) is 5.75 Å². The van der Waals surface area contributed by atoms with E-state index in [1.54, 1.807) is 5.57 Å². The molecule has 180 valence electrons. The Balaban J connectivity index is 1.69. The van der Waals surface area contributed by atoms with Crippen molar-refractivity contribution in [3.8, 4) is 0 Å². The number of allylic oxidation sites excluding steroid dienone is 4. The summed E-state index contributed by atoms with van der Waals surface area (Å²) in [4.78, 5) is 0. The Morgan fingerprint density at radius 2 is 1.97 bits per heavy atom. The second kappa shape index (κ2) is 11.1. The maximum atomic E-state index is 10.6. The Morgan fingerprint density at radius 1 is 1.25 bits per heavy atom. The summed E-state index contributed by atoms with van der Waals surface area (Å²) < 4.78 is 0. The van der Waals surface area contributed by atoms with Crippen molar-refractivity contribution in [1.82, 2.24) is 0 Å². The molecule has 0 aliphatic heterocycles. The van der Waals surface area contributed by atoms with Crippen molar-refractivity contribution >= 4 is 11.8 Å². The average Bonchev–Trinajstić information content (AvgIpc) is 3.12. The molecule has 0 bridgehead atoms. The fourth-order valence-corrected chi connectivity index (χ4v) is 7.55. The Morgan fingerprint density at radius 3 is 2.66 bits per heavy atom. The van der Waals surface area contributed by atoms with Crippen molar-refractivity contribution < 1.29 is 15.3 Å². The summed E-state index contributed by atoms with van der Waals surface area (Å²) >= 11 is 1.92. The van der Waals surface area contributed by atoms with Gasteiger partial charge in [0.2, 0.25) is 0 Å². The molecule has 0 amide bonds. The predicted molar refractivity (Wildman–Crippen MR) is 137 cm³/mol. The first-order valence-corrected chi connectivity index (χ1v) is 13.7. The highest BCUT2D eigenvalue weighted by atomic mass is 32.2. The quantitative estimate of drug-likeness (QED) is 0.391. The zero-order valence-electron chi connectivity index (χ0n) is 20.5. The van der Waals surface area contributed by atoms with Gasteiger partial charge in [-0.25, -0.2) is 0 Å². The summed E-state index contributed by atoms with van der Waals surface area (Å²) in [7, 11) is 0. The second-order valence-corrected chi connectivity index (χ2v) is 11.8. The van der Waals surface area contributed by atoms with Crippen LogP contribution < -0.4 is 0 Å². The maximum Gasteiger partial charge on any atom is 0.0811 e. The molecule has 0 radical (unpaired) electrons. The average molecular weight is 461 g/mol. The van der Waals surface area contributed by atoms with Gasteiger partial charge in [0.25, 0.3) is 0 Å². The zero-order valence-corrected chi connectivity index (χ0v) is 21.3. The third-order valence-electron chi connectivity index (χ3n) is 8.42. The topological polar surface area (TPSA) is 60.7 Å². The predicted octanol–water partition coefficient (Wildman–Crippen LogP) is 5.97. The van der Waals surface area contributed by atoms with Crippen molar-refractivity contribution in [3.63, 3.8) is 0 Å². The monoisotopic (exact) mass is 460 g/mol. The van der Waals surface area contributed by atoms with Gasteiger partial charge in [-0.2, -0.15) is 11.8 Å². The van der Waals surface area contributed by atoms with Crippen molar-refractivity contribution in [3.05, 3.63) is 47.1 Å². The molecule has 3 N–H and O–H groups in total. The highest BCUT2D eigenvalue weighted by Gasteiger charge is 2.46. The normalized spacial score (nSPS) is 35.3. The van der Waals surface area contributed by atoms with Gasteiger partial charge in [0.05, 0.1) is 18.3 Å². The minimum absolute atomic E-state index is 0.192. The van der Waals surface area contributed by atoms with Crippen LogP contribution in [0.15, 0.2) is 47.1 Å². The molecule has 3 aliphatic carbocycles. The molecule has 3 aliphatic rings. The van der Waals surface area contributed by atoms with Gasteiger partial charge >= 0.3 is 0 Å². The molecule has 2 saturated carbocycles. The van der Waals surface area contributed by atoms with Crippen LogP contribution in [0.1, 0.15) is 79.1 Å². The molecule has 3 nitrogen and oxygen atoms in total. The first-order valence-electron chi connectivity index (χ1n) is 12.7. The fraction of sp³-hybridized carbons (Fsp3) is 0.714. The van der Waals surface area contributed by atoms with E-state index in [2.05, 4.69) is 52.5 Å². The summed E-state index contributed by atoms with van der Waals surface area (Å²) in [5, 5.41) is 31.2. The van der Waals surface area contributed by atoms with Gasteiger partial charge < -0.3 is 15.3 Å². The van der Waals surface area contributed by atoms with Crippen LogP contribution in [-0.2, 0) is 0 Å². The van der Waals surface area contributed by atoms with E-state index in [1.807, 2.05) is 11.8 Å². The minimum atomic E-state index is -0.631. The van der Waals surface area contributed by atoms with Gasteiger partial charge in [0.15, 0.2) is 0 Å². The standard InChI is InChI=1S/C28H44O3S/c1-6-20(7-2)27(31)17-32-19(4)24-12-13-25-21(9-8-14-28(24,25)5)10-11-22-15-23(29)16-26(30)18(22)3/h10-12,19-20,23,25-27,29-31H,3,6-9,13-17H2,1-2,4-5H3/b21-10+,22-11-/t19-,23-,25?,26+,27+,28-/m1/s1. The van der Waals surface area contributed by atoms with Crippen molar-refractivity contribution in [2.45, 2.75) is 103 Å². The summed E-state index contributed by atoms with van der Waals surface area (Å²) in [6, 6.07) is 0. The number of aliphatic hydroxyl groups excluding tert-OH is 3. The number of fused-ring (bicyclic) bond motifs is 1. The smallest absolute Gasteiger partial charge is 0.0811 e. The van der Waals surface area contributed by atoms with Crippen LogP contribution in [0.3, 0.4) is 0 Å². The molecule has 0 saturated heterocycles. The van der Waals surface area contributed by atoms with Gasteiger partial charge in [0.1, 0.15) is 0 Å². The number of thioether (sulfide) groups is 1. The van der Waals surface area contributed by atoms with Crippen LogP contribution in [-0.4, -0.2) is 44.6 Å². The molecule has 6 atom stereocenters. The summed E-state index contributed by atoms with van der Waals surface area (Å²) in [5.74, 6) is 1.74. The summed E-state index contributed by atoms with van der Waals surface area (Å²) in [5.41, 5.74) is 5.00. The van der Waals surface area contributed by atoms with Gasteiger partial charge in [0, 0.05) is 17.4 Å². The molecule has 2 fully saturated rings. The number of hydrogen-bond acceptors (Lipinski definition) is 4. The fourth-order valence-electron chi connectivity index (χ4n) is 6.25. The van der Waals surface area contributed by atoms with Crippen molar-refractivity contribution in [1.29, 1.82) is 0 Å². The molecule has 32 heavy (non-hydrogen) atoms. The van der Waals surface area contributed by atoms with E-state index in [1.165, 1.54) is 18.4 Å². The first-order chi connectivity index (χ1) is 15.2. The van der Waals surface area contributed by atoms with Gasteiger partial charge in [-0.3, -0.25) is 0 Å². The van der Waals surface area contributed by atoms with E-state index in [9.17, 15) is 15.3 Å². The molecule has 0 aromatic carbocycles. The molecule has 0 spiro atoms. The van der Waals surface area contributed by atoms with Crippen LogP contribution in [0.5, 0.6) is 0 Å². The lowest BCUT2D eigenvalue weighted by molar-refractivity contribution is 0.0862. The number of aliphatic hydroxyl groups is 3. The third-order valence-corrected chi connectivity index (χ3v) is 9.71.